The van der Waals surface area contributed by atoms with E-state index in [-0.39, 0.29) is 11.8 Å². The number of hydrogen-bond acceptors (Lipinski definition) is 4. The number of anilines is 1. The van der Waals surface area contributed by atoms with Crippen LogP contribution in [0.25, 0.3) is 0 Å². The van der Waals surface area contributed by atoms with Gasteiger partial charge in [0.15, 0.2) is 5.78 Å². The second-order valence-electron chi connectivity index (χ2n) is 8.95. The van der Waals surface area contributed by atoms with E-state index in [1.807, 2.05) is 45.9 Å². The Kier molecular flexibility index (Phi) is 6.65. The van der Waals surface area contributed by atoms with Gasteiger partial charge in [0, 0.05) is 43.0 Å². The highest BCUT2D eigenvalue weighted by Crippen LogP contribution is 2.24. The fourth-order valence-corrected chi connectivity index (χ4v) is 3.63. The highest BCUT2D eigenvalue weighted by Gasteiger charge is 2.35. The van der Waals surface area contributed by atoms with Gasteiger partial charge in [0.05, 0.1) is 6.04 Å². The molecule has 6 heteroatoms. The van der Waals surface area contributed by atoms with Gasteiger partial charge >= 0.3 is 6.03 Å². The molecule has 1 aliphatic heterocycles. The summed E-state index contributed by atoms with van der Waals surface area (Å²) in [6, 6.07) is 12.0. The lowest BCUT2D eigenvalue weighted by Gasteiger charge is -2.37. The number of aromatic nitrogens is 1. The number of nitrogens with one attached hydrogen (secondary N) is 1. The zero-order valence-corrected chi connectivity index (χ0v) is 18.7. The van der Waals surface area contributed by atoms with Crippen LogP contribution >= 0.6 is 0 Å². The van der Waals surface area contributed by atoms with Crippen molar-refractivity contribution in [3.05, 3.63) is 59.3 Å². The molecule has 0 aliphatic carbocycles. The Morgan fingerprint density at radius 1 is 1.06 bits per heavy atom. The van der Waals surface area contributed by atoms with Gasteiger partial charge in [-0.2, -0.15) is 0 Å². The van der Waals surface area contributed by atoms with Gasteiger partial charge < -0.3 is 15.1 Å². The van der Waals surface area contributed by atoms with E-state index in [9.17, 15) is 9.59 Å². The number of piperazine rings is 1. The number of nitrogens with zero attached hydrogens (tertiary/aromatic N) is 3. The highest BCUT2D eigenvalue weighted by molar-refractivity contribution is 6.02. The quantitative estimate of drug-likeness (QED) is 0.610. The van der Waals surface area contributed by atoms with Crippen LogP contribution in [-0.4, -0.2) is 53.9 Å². The molecule has 1 aromatic carbocycles. The number of Topliss-reactive ketones (excluding diaryl/α,β-unsaturated/α-hetero) is 1. The van der Waals surface area contributed by atoms with Gasteiger partial charge in [0.1, 0.15) is 5.82 Å². The molecular formula is C25H30N4O2. The number of terminal acetylenes is 1. The molecule has 1 atom stereocenters. The number of pyridine rings is 1. The molecule has 2 aromatic rings. The first-order chi connectivity index (χ1) is 14.7. The lowest BCUT2D eigenvalue weighted by Crippen LogP contribution is -2.57. The fraction of sp³-hybridized carbons (Fsp3) is 0.400. The minimum absolute atomic E-state index is 0.119. The molecule has 0 unspecified atom stereocenters. The third kappa shape index (κ3) is 5.43. The average Bonchev–Trinajstić information content (AvgIpc) is 2.76. The van der Waals surface area contributed by atoms with Crippen LogP contribution in [0.15, 0.2) is 42.5 Å². The number of carbonyl (C=O) groups is 2. The Morgan fingerprint density at radius 2 is 1.71 bits per heavy atom. The normalized spacial score (nSPS) is 15.2. The zero-order valence-electron chi connectivity index (χ0n) is 18.7. The number of ketones is 1. The van der Waals surface area contributed by atoms with Crippen molar-refractivity contribution < 1.29 is 9.59 Å². The van der Waals surface area contributed by atoms with Crippen molar-refractivity contribution in [2.24, 2.45) is 5.41 Å². The zero-order chi connectivity index (χ0) is 22.6. The van der Waals surface area contributed by atoms with Crippen molar-refractivity contribution >= 4 is 17.6 Å². The summed E-state index contributed by atoms with van der Waals surface area (Å²) < 4.78 is 0. The molecule has 0 spiro atoms. The van der Waals surface area contributed by atoms with E-state index in [1.54, 1.807) is 29.2 Å². The van der Waals surface area contributed by atoms with Crippen LogP contribution in [0, 0.1) is 24.7 Å². The van der Waals surface area contributed by atoms with Crippen LogP contribution in [-0.2, 0) is 0 Å². The second-order valence-corrected chi connectivity index (χ2v) is 8.95. The first-order valence-electron chi connectivity index (χ1n) is 10.5. The molecule has 6 nitrogen and oxygen atoms in total. The van der Waals surface area contributed by atoms with E-state index in [1.165, 1.54) is 0 Å². The molecule has 2 amide bonds. The molecule has 1 aromatic heterocycles. The van der Waals surface area contributed by atoms with Gasteiger partial charge in [-0.1, -0.05) is 44.9 Å². The summed E-state index contributed by atoms with van der Waals surface area (Å²) in [6.45, 7) is 10.4. The number of rotatable bonds is 4. The molecule has 1 saturated heterocycles. The highest BCUT2D eigenvalue weighted by atomic mass is 16.2. The van der Waals surface area contributed by atoms with E-state index in [2.05, 4.69) is 21.1 Å². The van der Waals surface area contributed by atoms with Crippen molar-refractivity contribution in [2.75, 3.05) is 31.1 Å². The average molecular weight is 419 g/mol. The summed E-state index contributed by atoms with van der Waals surface area (Å²) in [6.07, 6.45) is 5.40. The number of urea groups is 1. The third-order valence-electron chi connectivity index (χ3n) is 5.50. The maximum absolute atomic E-state index is 13.2. The molecule has 0 radical (unpaired) electrons. The number of amides is 2. The van der Waals surface area contributed by atoms with Crippen LogP contribution in [0.3, 0.4) is 0 Å². The monoisotopic (exact) mass is 418 g/mol. The largest absolute Gasteiger partial charge is 0.353 e. The molecule has 2 heterocycles. The summed E-state index contributed by atoms with van der Waals surface area (Å²) in [5, 5.41) is 2.98. The van der Waals surface area contributed by atoms with Gasteiger partial charge in [0.2, 0.25) is 0 Å². The Morgan fingerprint density at radius 3 is 2.26 bits per heavy atom. The first-order valence-corrected chi connectivity index (χ1v) is 10.5. The van der Waals surface area contributed by atoms with Gasteiger partial charge in [0.25, 0.3) is 0 Å². The maximum atomic E-state index is 13.2. The minimum atomic E-state index is -0.645. The van der Waals surface area contributed by atoms with Crippen LogP contribution < -0.4 is 10.2 Å². The molecule has 0 saturated carbocycles. The van der Waals surface area contributed by atoms with Crippen molar-refractivity contribution in [1.82, 2.24) is 15.2 Å². The minimum Gasteiger partial charge on any atom is -0.353 e. The number of carbonyl (C=O) groups excluding carboxylic acids is 2. The number of benzene rings is 1. The van der Waals surface area contributed by atoms with E-state index >= 15 is 0 Å². The van der Waals surface area contributed by atoms with E-state index in [0.29, 0.717) is 37.3 Å². The van der Waals surface area contributed by atoms with E-state index < -0.39 is 11.5 Å². The Labute approximate surface area is 184 Å². The number of hydrogen-bond donors (Lipinski definition) is 1. The summed E-state index contributed by atoms with van der Waals surface area (Å²) in [4.78, 5) is 34.7. The van der Waals surface area contributed by atoms with E-state index in [4.69, 9.17) is 6.42 Å². The predicted octanol–water partition coefficient (Wildman–Crippen LogP) is 3.50. The lowest BCUT2D eigenvalue weighted by molar-refractivity contribution is 0.0862. The van der Waals surface area contributed by atoms with E-state index in [0.717, 1.165) is 11.5 Å². The summed E-state index contributed by atoms with van der Waals surface area (Å²) >= 11 is 0. The molecule has 1 N–H and O–H groups in total. The van der Waals surface area contributed by atoms with Gasteiger partial charge in [-0.3, -0.25) is 4.79 Å². The first kappa shape index (κ1) is 22.4. The molecular weight excluding hydrogens is 388 g/mol. The fourth-order valence-electron chi connectivity index (χ4n) is 3.63. The SMILES string of the molecule is C#Cc1ccc(C(=O)[C@@H](NC(=O)N2CCN(c3cccc(C)n3)CC2)C(C)(C)C)cc1. The van der Waals surface area contributed by atoms with Crippen molar-refractivity contribution in [3.63, 3.8) is 0 Å². The van der Waals surface area contributed by atoms with Crippen molar-refractivity contribution in [3.8, 4) is 12.3 Å². The van der Waals surface area contributed by atoms with Gasteiger partial charge in [-0.25, -0.2) is 9.78 Å². The lowest BCUT2D eigenvalue weighted by atomic mass is 9.82. The Bertz CT molecular complexity index is 978. The van der Waals surface area contributed by atoms with Crippen LogP contribution in [0.4, 0.5) is 10.6 Å². The predicted molar refractivity (Wildman–Crippen MR) is 123 cm³/mol. The number of aryl methyl sites for hydroxylation is 1. The molecule has 1 fully saturated rings. The molecule has 162 valence electrons. The molecule has 0 bridgehead atoms. The topological polar surface area (TPSA) is 65.5 Å². The molecule has 1 aliphatic rings. The standard InChI is InChI=1S/C25H30N4O2/c1-6-19-10-12-20(13-11-19)22(30)23(25(3,4)5)27-24(31)29-16-14-28(15-17-29)21-9-7-8-18(2)26-21/h1,7-13,23H,14-17H2,2-5H3,(H,27,31)/t23-/m1/s1. The third-order valence-corrected chi connectivity index (χ3v) is 5.50. The molecule has 31 heavy (non-hydrogen) atoms. The van der Waals surface area contributed by atoms with Crippen LogP contribution in [0.2, 0.25) is 0 Å². The van der Waals surface area contributed by atoms with Crippen molar-refractivity contribution in [2.45, 2.75) is 33.7 Å². The summed E-state index contributed by atoms with van der Waals surface area (Å²) in [7, 11) is 0. The Balaban J connectivity index is 1.66. The summed E-state index contributed by atoms with van der Waals surface area (Å²) in [5.41, 5.74) is 1.79. The molecule has 3 rings (SSSR count). The maximum Gasteiger partial charge on any atom is 0.318 e. The van der Waals surface area contributed by atoms with Crippen LogP contribution in [0.1, 0.15) is 42.4 Å². The van der Waals surface area contributed by atoms with Gasteiger partial charge in [-0.05, 0) is 36.6 Å². The summed E-state index contributed by atoms with van der Waals surface area (Å²) in [5.74, 6) is 3.36. The Hall–Kier alpha value is -3.33. The smallest absolute Gasteiger partial charge is 0.318 e. The van der Waals surface area contributed by atoms with Crippen molar-refractivity contribution in [1.29, 1.82) is 0 Å². The second kappa shape index (κ2) is 9.22. The van der Waals surface area contributed by atoms with Gasteiger partial charge in [-0.15, -0.1) is 6.42 Å². The van der Waals surface area contributed by atoms with Crippen LogP contribution in [0.5, 0.6) is 0 Å².